The van der Waals surface area contributed by atoms with Crippen LogP contribution in [0, 0.1) is 0 Å². The van der Waals surface area contributed by atoms with E-state index in [2.05, 4.69) is 10.0 Å². The average molecular weight is 289 g/mol. The van der Waals surface area contributed by atoms with Gasteiger partial charge in [0.05, 0.1) is 35.0 Å². The van der Waals surface area contributed by atoms with Crippen LogP contribution in [0.4, 0.5) is 11.4 Å². The highest BCUT2D eigenvalue weighted by molar-refractivity contribution is 7.89. The van der Waals surface area contributed by atoms with Crippen LogP contribution in [0.15, 0.2) is 23.1 Å². The van der Waals surface area contributed by atoms with Crippen LogP contribution in [-0.2, 0) is 10.0 Å². The van der Waals surface area contributed by atoms with E-state index in [1.165, 1.54) is 25.2 Å². The molecule has 0 aromatic heterocycles. The molecule has 19 heavy (non-hydrogen) atoms. The topological polar surface area (TPSA) is 125 Å². The molecule has 1 rings (SSSR count). The van der Waals surface area contributed by atoms with Gasteiger partial charge in [0.1, 0.15) is 0 Å². The van der Waals surface area contributed by atoms with Gasteiger partial charge in [0.25, 0.3) is 0 Å². The molecule has 0 aliphatic carbocycles. The fourth-order valence-electron chi connectivity index (χ4n) is 1.39. The summed E-state index contributed by atoms with van der Waals surface area (Å²) in [7, 11) is -2.24. The monoisotopic (exact) mass is 289 g/mol. The third kappa shape index (κ3) is 3.57. The number of hydrogen-bond donors (Lipinski definition) is 5. The van der Waals surface area contributed by atoms with E-state index in [9.17, 15) is 18.6 Å². The summed E-state index contributed by atoms with van der Waals surface area (Å²) >= 11 is 0. The minimum Gasteiger partial charge on any atom is -0.397 e. The van der Waals surface area contributed by atoms with E-state index in [4.69, 9.17) is 5.73 Å². The number of nitrogens with one attached hydrogen (secondary N) is 2. The van der Waals surface area contributed by atoms with Crippen molar-refractivity contribution >= 4 is 21.4 Å². The summed E-state index contributed by atoms with van der Waals surface area (Å²) in [5, 5.41) is 21.3. The first-order valence-electron chi connectivity index (χ1n) is 5.61. The van der Waals surface area contributed by atoms with E-state index in [0.29, 0.717) is 5.69 Å². The van der Waals surface area contributed by atoms with Crippen LogP contribution >= 0.6 is 0 Å². The highest BCUT2D eigenvalue weighted by Crippen LogP contribution is 2.25. The van der Waals surface area contributed by atoms with Gasteiger partial charge in [-0.3, -0.25) is 0 Å². The van der Waals surface area contributed by atoms with Crippen molar-refractivity contribution < 1.29 is 18.6 Å². The zero-order valence-electron chi connectivity index (χ0n) is 10.8. The lowest BCUT2D eigenvalue weighted by molar-refractivity contribution is 0.147. The molecule has 0 unspecified atom stereocenters. The Kier molecular flexibility index (Phi) is 4.75. The molecule has 0 amide bonds. The lowest BCUT2D eigenvalue weighted by Crippen LogP contribution is -2.42. The third-order valence-electron chi connectivity index (χ3n) is 2.74. The first kappa shape index (κ1) is 15.7. The summed E-state index contributed by atoms with van der Waals surface area (Å²) in [4.78, 5) is 0.0488. The molecule has 0 aliphatic rings. The fourth-order valence-corrected chi connectivity index (χ4v) is 2.16. The van der Waals surface area contributed by atoms with Crippen LogP contribution in [0.3, 0.4) is 0 Å². The molecule has 0 spiro atoms. The molecular weight excluding hydrogens is 270 g/mol. The standard InChI is InChI=1S/C11H19N3O4S/c1-11(6-15,7-16)14-10-4-3-8(5-9(10)12)19(17,18)13-2/h3-5,13-16H,6-7,12H2,1-2H3. The molecule has 0 heterocycles. The Morgan fingerprint density at radius 1 is 1.32 bits per heavy atom. The molecule has 0 bridgehead atoms. The van der Waals surface area contributed by atoms with Gasteiger partial charge < -0.3 is 21.3 Å². The molecule has 8 heteroatoms. The molecule has 108 valence electrons. The molecular formula is C11H19N3O4S. The second kappa shape index (κ2) is 5.74. The zero-order chi connectivity index (χ0) is 14.7. The Morgan fingerprint density at radius 2 is 1.89 bits per heavy atom. The fraction of sp³-hybridized carbons (Fsp3) is 0.455. The molecule has 0 fully saturated rings. The molecule has 0 radical (unpaired) electrons. The third-order valence-corrected chi connectivity index (χ3v) is 4.15. The summed E-state index contributed by atoms with van der Waals surface area (Å²) in [6.45, 7) is 1.03. The van der Waals surface area contributed by atoms with Crippen LogP contribution in [0.1, 0.15) is 6.92 Å². The number of rotatable bonds is 6. The number of aliphatic hydroxyl groups excluding tert-OH is 2. The normalized spacial score (nSPS) is 12.4. The molecule has 0 saturated heterocycles. The van der Waals surface area contributed by atoms with Gasteiger partial charge in [-0.1, -0.05) is 0 Å². The molecule has 6 N–H and O–H groups in total. The Morgan fingerprint density at radius 3 is 2.32 bits per heavy atom. The molecule has 0 aliphatic heterocycles. The first-order valence-corrected chi connectivity index (χ1v) is 7.09. The zero-order valence-corrected chi connectivity index (χ0v) is 11.7. The molecule has 1 aromatic carbocycles. The number of anilines is 2. The van der Waals surface area contributed by atoms with Gasteiger partial charge in [-0.25, -0.2) is 13.1 Å². The first-order chi connectivity index (χ1) is 8.78. The van der Waals surface area contributed by atoms with Crippen LogP contribution in [0.5, 0.6) is 0 Å². The van der Waals surface area contributed by atoms with E-state index in [1.54, 1.807) is 6.92 Å². The Balaban J connectivity index is 3.09. The minimum atomic E-state index is -3.55. The lowest BCUT2D eigenvalue weighted by Gasteiger charge is -2.28. The van der Waals surface area contributed by atoms with Crippen LogP contribution in [0.25, 0.3) is 0 Å². The average Bonchev–Trinajstić information content (AvgIpc) is 2.40. The maximum atomic E-state index is 11.6. The van der Waals surface area contributed by atoms with Gasteiger partial charge in [0.2, 0.25) is 10.0 Å². The summed E-state index contributed by atoms with van der Waals surface area (Å²) in [5.74, 6) is 0. The molecule has 1 aromatic rings. The van der Waals surface area contributed by atoms with E-state index >= 15 is 0 Å². The number of hydrogen-bond acceptors (Lipinski definition) is 6. The lowest BCUT2D eigenvalue weighted by atomic mass is 10.0. The number of nitrogens with two attached hydrogens (primary N) is 1. The van der Waals surface area contributed by atoms with Crippen LogP contribution in [0.2, 0.25) is 0 Å². The smallest absolute Gasteiger partial charge is 0.240 e. The Labute approximate surface area is 112 Å². The second-order valence-electron chi connectivity index (χ2n) is 4.46. The molecule has 7 nitrogen and oxygen atoms in total. The van der Waals surface area contributed by atoms with E-state index in [-0.39, 0.29) is 23.8 Å². The minimum absolute atomic E-state index is 0.0488. The van der Waals surface area contributed by atoms with Crippen molar-refractivity contribution in [1.29, 1.82) is 0 Å². The highest BCUT2D eigenvalue weighted by atomic mass is 32.2. The molecule has 0 saturated carbocycles. The van der Waals surface area contributed by atoms with Crippen LogP contribution in [-0.4, -0.2) is 44.4 Å². The number of aliphatic hydroxyl groups is 2. The maximum Gasteiger partial charge on any atom is 0.240 e. The summed E-state index contributed by atoms with van der Waals surface area (Å²) in [5.41, 5.74) is 5.50. The van der Waals surface area contributed by atoms with Gasteiger partial charge in [0.15, 0.2) is 0 Å². The van der Waals surface area contributed by atoms with E-state index in [1.807, 2.05) is 0 Å². The largest absolute Gasteiger partial charge is 0.397 e. The highest BCUT2D eigenvalue weighted by Gasteiger charge is 2.23. The quantitative estimate of drug-likeness (QED) is 0.442. The SMILES string of the molecule is CNS(=O)(=O)c1ccc(NC(C)(CO)CO)c(N)c1. The van der Waals surface area contributed by atoms with Crippen molar-refractivity contribution in [2.45, 2.75) is 17.4 Å². The van der Waals surface area contributed by atoms with Gasteiger partial charge in [0, 0.05) is 0 Å². The molecule has 0 atom stereocenters. The Hall–Kier alpha value is -1.35. The number of sulfonamides is 1. The van der Waals surface area contributed by atoms with Crippen LogP contribution < -0.4 is 15.8 Å². The predicted octanol–water partition coefficient (Wildman–Crippen LogP) is -0.668. The maximum absolute atomic E-state index is 11.6. The Bertz CT molecular complexity index is 541. The van der Waals surface area contributed by atoms with Crippen molar-refractivity contribution in [3.05, 3.63) is 18.2 Å². The van der Waals surface area contributed by atoms with Gasteiger partial charge in [-0.2, -0.15) is 0 Å². The predicted molar refractivity (Wildman–Crippen MR) is 73.3 cm³/mol. The summed E-state index contributed by atoms with van der Waals surface area (Å²) in [6.07, 6.45) is 0. The summed E-state index contributed by atoms with van der Waals surface area (Å²) in [6, 6.07) is 4.19. The number of nitrogen functional groups attached to an aromatic ring is 1. The van der Waals surface area contributed by atoms with Crippen molar-refractivity contribution in [3.8, 4) is 0 Å². The van der Waals surface area contributed by atoms with E-state index in [0.717, 1.165) is 0 Å². The van der Waals surface area contributed by atoms with Crippen molar-refractivity contribution in [2.75, 3.05) is 31.3 Å². The van der Waals surface area contributed by atoms with E-state index < -0.39 is 15.6 Å². The van der Waals surface area contributed by atoms with Crippen molar-refractivity contribution in [3.63, 3.8) is 0 Å². The van der Waals surface area contributed by atoms with Gasteiger partial charge >= 0.3 is 0 Å². The van der Waals surface area contributed by atoms with Crippen molar-refractivity contribution in [1.82, 2.24) is 4.72 Å². The van der Waals surface area contributed by atoms with Gasteiger partial charge in [-0.05, 0) is 32.2 Å². The van der Waals surface area contributed by atoms with Crippen molar-refractivity contribution in [2.24, 2.45) is 0 Å². The number of benzene rings is 1. The van der Waals surface area contributed by atoms with Gasteiger partial charge in [-0.15, -0.1) is 0 Å². The summed E-state index contributed by atoms with van der Waals surface area (Å²) < 4.78 is 25.4. The second-order valence-corrected chi connectivity index (χ2v) is 6.35.